The number of hydrogen-bond donors (Lipinski definition) is 2. The highest BCUT2D eigenvalue weighted by Gasteiger charge is 2.29. The molecule has 1 aliphatic rings. The molecule has 0 amide bonds. The van der Waals surface area contributed by atoms with Crippen molar-refractivity contribution in [3.05, 3.63) is 42.5 Å². The molecular weight excluding hydrogens is 200 g/mol. The molecule has 1 aromatic carbocycles. The van der Waals surface area contributed by atoms with Gasteiger partial charge in [-0.1, -0.05) is 24.3 Å². The van der Waals surface area contributed by atoms with Crippen LogP contribution in [0.3, 0.4) is 0 Å². The molecule has 2 rings (SSSR count). The number of nitrogens with one attached hydrogen (secondary N) is 1. The molecule has 1 aliphatic heterocycles. The number of benzene rings is 1. The molecule has 0 radical (unpaired) electrons. The van der Waals surface area contributed by atoms with Crippen molar-refractivity contribution in [3.8, 4) is 5.75 Å². The van der Waals surface area contributed by atoms with Gasteiger partial charge in [-0.3, -0.25) is 11.3 Å². The molecule has 0 fully saturated rings. The summed E-state index contributed by atoms with van der Waals surface area (Å²) >= 11 is 0. The van der Waals surface area contributed by atoms with Gasteiger partial charge in [0.15, 0.2) is 0 Å². The second-order valence-corrected chi connectivity index (χ2v) is 4.09. The Morgan fingerprint density at radius 3 is 3.12 bits per heavy atom. The SMILES string of the molecule is C=CCCC(NN)C1COc2ccccc21. The van der Waals surface area contributed by atoms with Crippen molar-refractivity contribution in [3.63, 3.8) is 0 Å². The molecule has 0 bridgehead atoms. The van der Waals surface area contributed by atoms with Crippen molar-refractivity contribution in [2.24, 2.45) is 5.84 Å². The van der Waals surface area contributed by atoms with Gasteiger partial charge < -0.3 is 4.74 Å². The van der Waals surface area contributed by atoms with Crippen molar-refractivity contribution in [2.45, 2.75) is 24.8 Å². The predicted octanol–water partition coefficient (Wildman–Crippen LogP) is 1.96. The van der Waals surface area contributed by atoms with E-state index in [1.807, 2.05) is 24.3 Å². The third-order valence-electron chi connectivity index (χ3n) is 3.12. The lowest BCUT2D eigenvalue weighted by molar-refractivity contribution is 0.293. The average molecular weight is 218 g/mol. The number of hydrogen-bond acceptors (Lipinski definition) is 3. The van der Waals surface area contributed by atoms with Crippen LogP contribution in [0, 0.1) is 0 Å². The Bertz CT molecular complexity index is 365. The summed E-state index contributed by atoms with van der Waals surface area (Å²) in [6, 6.07) is 8.42. The molecule has 3 N–H and O–H groups in total. The van der Waals surface area contributed by atoms with Gasteiger partial charge in [0.2, 0.25) is 0 Å². The van der Waals surface area contributed by atoms with Crippen LogP contribution in [-0.2, 0) is 0 Å². The van der Waals surface area contributed by atoms with Crippen molar-refractivity contribution in [1.29, 1.82) is 0 Å². The van der Waals surface area contributed by atoms with E-state index in [9.17, 15) is 0 Å². The van der Waals surface area contributed by atoms with E-state index in [-0.39, 0.29) is 6.04 Å². The lowest BCUT2D eigenvalue weighted by Crippen LogP contribution is -2.40. The lowest BCUT2D eigenvalue weighted by atomic mass is 9.91. The Labute approximate surface area is 96.3 Å². The first-order valence-corrected chi connectivity index (χ1v) is 5.65. The second kappa shape index (κ2) is 5.14. The minimum Gasteiger partial charge on any atom is -0.493 e. The first kappa shape index (κ1) is 11.2. The van der Waals surface area contributed by atoms with E-state index < -0.39 is 0 Å². The molecule has 3 heteroatoms. The Morgan fingerprint density at radius 1 is 1.56 bits per heavy atom. The third kappa shape index (κ3) is 2.10. The number of para-hydroxylation sites is 1. The maximum absolute atomic E-state index is 5.65. The molecule has 16 heavy (non-hydrogen) atoms. The number of nitrogens with two attached hydrogens (primary N) is 1. The predicted molar refractivity (Wildman–Crippen MR) is 65.2 cm³/mol. The number of ether oxygens (including phenoxy) is 1. The van der Waals surface area contributed by atoms with E-state index in [2.05, 4.69) is 18.1 Å². The van der Waals surface area contributed by atoms with Crippen LogP contribution in [0.2, 0.25) is 0 Å². The summed E-state index contributed by atoms with van der Waals surface area (Å²) in [4.78, 5) is 0. The molecule has 0 spiro atoms. The zero-order valence-electron chi connectivity index (χ0n) is 9.36. The van der Waals surface area contributed by atoms with Crippen LogP contribution in [-0.4, -0.2) is 12.6 Å². The largest absolute Gasteiger partial charge is 0.493 e. The van der Waals surface area contributed by atoms with E-state index in [1.165, 1.54) is 5.56 Å². The summed E-state index contributed by atoms with van der Waals surface area (Å²) in [7, 11) is 0. The molecule has 0 saturated heterocycles. The van der Waals surface area contributed by atoms with Gasteiger partial charge in [-0.25, -0.2) is 0 Å². The van der Waals surface area contributed by atoms with Gasteiger partial charge in [-0.15, -0.1) is 6.58 Å². The molecule has 1 aromatic rings. The van der Waals surface area contributed by atoms with E-state index in [4.69, 9.17) is 10.6 Å². The van der Waals surface area contributed by atoms with Crippen LogP contribution in [0.5, 0.6) is 5.75 Å². The third-order valence-corrected chi connectivity index (χ3v) is 3.12. The molecule has 1 heterocycles. The average Bonchev–Trinajstić information content (AvgIpc) is 2.75. The van der Waals surface area contributed by atoms with Gasteiger partial charge in [0.1, 0.15) is 5.75 Å². The maximum Gasteiger partial charge on any atom is 0.122 e. The highest BCUT2D eigenvalue weighted by molar-refractivity contribution is 5.40. The summed E-state index contributed by atoms with van der Waals surface area (Å²) in [6.07, 6.45) is 3.88. The minimum atomic E-state index is 0.252. The summed E-state index contributed by atoms with van der Waals surface area (Å²) < 4.78 is 5.65. The van der Waals surface area contributed by atoms with Gasteiger partial charge in [-0.05, 0) is 18.9 Å². The number of hydrazine groups is 1. The summed E-state index contributed by atoms with van der Waals surface area (Å²) in [6.45, 7) is 4.45. The van der Waals surface area contributed by atoms with Crippen molar-refractivity contribution >= 4 is 0 Å². The smallest absolute Gasteiger partial charge is 0.122 e. The highest BCUT2D eigenvalue weighted by atomic mass is 16.5. The molecule has 2 unspecified atom stereocenters. The van der Waals surface area contributed by atoms with E-state index >= 15 is 0 Å². The van der Waals surface area contributed by atoms with Gasteiger partial charge in [0.25, 0.3) is 0 Å². The maximum atomic E-state index is 5.65. The van der Waals surface area contributed by atoms with Crippen LogP contribution in [0.15, 0.2) is 36.9 Å². The second-order valence-electron chi connectivity index (χ2n) is 4.09. The minimum absolute atomic E-state index is 0.252. The van der Waals surface area contributed by atoms with Crippen LogP contribution < -0.4 is 16.0 Å². The van der Waals surface area contributed by atoms with Crippen molar-refractivity contribution < 1.29 is 4.74 Å². The lowest BCUT2D eigenvalue weighted by Gasteiger charge is -2.21. The number of allylic oxidation sites excluding steroid dienone is 1. The van der Waals surface area contributed by atoms with Crippen molar-refractivity contribution in [1.82, 2.24) is 5.43 Å². The standard InChI is InChI=1S/C13H18N2O/c1-2-3-7-12(15-14)11-9-16-13-8-5-4-6-10(11)13/h2,4-6,8,11-12,15H,1,3,7,9,14H2. The Morgan fingerprint density at radius 2 is 2.38 bits per heavy atom. The van der Waals surface area contributed by atoms with Crippen molar-refractivity contribution in [2.75, 3.05) is 6.61 Å². The number of fused-ring (bicyclic) bond motifs is 1. The van der Waals surface area contributed by atoms with E-state index in [1.54, 1.807) is 0 Å². The molecule has 86 valence electrons. The quantitative estimate of drug-likeness (QED) is 0.451. The molecule has 0 saturated carbocycles. The molecule has 0 aliphatic carbocycles. The molecular formula is C13H18N2O. The van der Waals surface area contributed by atoms with Gasteiger partial charge in [-0.2, -0.15) is 0 Å². The van der Waals surface area contributed by atoms with Crippen LogP contribution in [0.25, 0.3) is 0 Å². The molecule has 2 atom stereocenters. The topological polar surface area (TPSA) is 47.3 Å². The van der Waals surface area contributed by atoms with Crippen LogP contribution in [0.1, 0.15) is 24.3 Å². The Balaban J connectivity index is 2.13. The van der Waals surface area contributed by atoms with Crippen LogP contribution >= 0.6 is 0 Å². The molecule has 0 aromatic heterocycles. The van der Waals surface area contributed by atoms with Crippen LogP contribution in [0.4, 0.5) is 0 Å². The fourth-order valence-corrected chi connectivity index (χ4v) is 2.22. The highest BCUT2D eigenvalue weighted by Crippen LogP contribution is 2.36. The first-order chi connectivity index (χ1) is 7.86. The fraction of sp³-hybridized carbons (Fsp3) is 0.385. The van der Waals surface area contributed by atoms with E-state index in [0.717, 1.165) is 18.6 Å². The zero-order valence-corrected chi connectivity index (χ0v) is 9.36. The molecule has 3 nitrogen and oxygen atoms in total. The van der Waals surface area contributed by atoms with Gasteiger partial charge in [0.05, 0.1) is 6.61 Å². The first-order valence-electron chi connectivity index (χ1n) is 5.65. The fourth-order valence-electron chi connectivity index (χ4n) is 2.22. The zero-order chi connectivity index (χ0) is 11.4. The Kier molecular flexibility index (Phi) is 3.59. The van der Waals surface area contributed by atoms with Gasteiger partial charge in [0, 0.05) is 17.5 Å². The summed E-state index contributed by atoms with van der Waals surface area (Å²) in [5, 5.41) is 0. The summed E-state index contributed by atoms with van der Waals surface area (Å²) in [5.74, 6) is 6.95. The van der Waals surface area contributed by atoms with Gasteiger partial charge >= 0.3 is 0 Å². The number of rotatable bonds is 5. The van der Waals surface area contributed by atoms with E-state index in [0.29, 0.717) is 12.5 Å². The normalized spacial score (nSPS) is 19.9. The monoisotopic (exact) mass is 218 g/mol. The Hall–Kier alpha value is -1.32. The summed E-state index contributed by atoms with van der Waals surface area (Å²) in [5.41, 5.74) is 4.15.